The van der Waals surface area contributed by atoms with Crippen molar-refractivity contribution in [3.8, 4) is 11.8 Å². The van der Waals surface area contributed by atoms with Gasteiger partial charge < -0.3 is 14.5 Å². The number of nitrogens with one attached hydrogen (secondary N) is 2. The fourth-order valence-electron chi connectivity index (χ4n) is 3.40. The summed E-state index contributed by atoms with van der Waals surface area (Å²) in [7, 11) is -3.94. The van der Waals surface area contributed by atoms with Crippen molar-refractivity contribution in [2.75, 3.05) is 11.0 Å². The summed E-state index contributed by atoms with van der Waals surface area (Å²) in [5.74, 6) is -4.31. The van der Waals surface area contributed by atoms with Crippen molar-refractivity contribution in [1.82, 2.24) is 10.3 Å². The number of rotatable bonds is 8. The first-order valence-corrected chi connectivity index (χ1v) is 12.6. The zero-order valence-electron chi connectivity index (χ0n) is 19.9. The molecule has 1 aromatic heterocycles. The van der Waals surface area contributed by atoms with Crippen LogP contribution in [0.3, 0.4) is 0 Å². The van der Waals surface area contributed by atoms with E-state index >= 15 is 0 Å². The van der Waals surface area contributed by atoms with Crippen molar-refractivity contribution in [2.45, 2.75) is 38.9 Å². The van der Waals surface area contributed by atoms with Crippen LogP contribution in [0.2, 0.25) is 0 Å². The van der Waals surface area contributed by atoms with Crippen LogP contribution in [0, 0.1) is 11.6 Å². The molecule has 1 amide bonds. The Morgan fingerprint density at radius 2 is 1.73 bits per heavy atom. The number of benzene rings is 2. The lowest BCUT2D eigenvalue weighted by atomic mass is 9.96. The van der Waals surface area contributed by atoms with Crippen molar-refractivity contribution in [1.29, 1.82) is 0 Å². The predicted octanol–water partition coefficient (Wildman–Crippen LogP) is 5.75. The molecule has 0 aliphatic heterocycles. The second-order valence-corrected chi connectivity index (χ2v) is 10.2. The van der Waals surface area contributed by atoms with Gasteiger partial charge >= 0.3 is 12.3 Å². The Labute approximate surface area is 208 Å². The Balaban J connectivity index is 1.78. The lowest BCUT2D eigenvalue weighted by Gasteiger charge is -2.18. The van der Waals surface area contributed by atoms with E-state index in [2.05, 4.69) is 10.3 Å². The number of aromatic nitrogens is 1. The third-order valence-electron chi connectivity index (χ3n) is 5.08. The first-order valence-electron chi connectivity index (χ1n) is 10.7. The maximum Gasteiger partial charge on any atom is 0.420 e. The monoisotopic (exact) mass is 547 g/mol. The van der Waals surface area contributed by atoms with E-state index in [1.165, 1.54) is 19.1 Å². The number of hydrogen-bond acceptors (Lipinski definition) is 6. The average Bonchev–Trinajstić information content (AvgIpc) is 3.23. The molecule has 0 bridgehead atoms. The zero-order chi connectivity index (χ0) is 27.7. The average molecular weight is 548 g/mol. The van der Waals surface area contributed by atoms with Crippen molar-refractivity contribution >= 4 is 21.6 Å². The van der Waals surface area contributed by atoms with Gasteiger partial charge in [-0.2, -0.15) is 18.2 Å². The van der Waals surface area contributed by atoms with Crippen LogP contribution < -0.4 is 14.8 Å². The number of sulfonamides is 1. The van der Waals surface area contributed by atoms with E-state index in [1.54, 1.807) is 18.6 Å². The van der Waals surface area contributed by atoms with Gasteiger partial charge in [0, 0.05) is 0 Å². The second kappa shape index (κ2) is 10.4. The molecule has 2 N–H and O–H groups in total. The molecule has 0 radical (unpaired) electrons. The molecule has 1 unspecified atom stereocenters. The molecule has 1 atom stereocenters. The minimum atomic E-state index is -4.73. The van der Waals surface area contributed by atoms with Gasteiger partial charge in [-0.15, -0.1) is 0 Å². The number of nitrogens with zero attached hydrogens (tertiary/aromatic N) is 1. The molecule has 3 aromatic rings. The van der Waals surface area contributed by atoms with Crippen LogP contribution in [-0.2, 0) is 16.2 Å². The molecule has 0 fully saturated rings. The summed E-state index contributed by atoms with van der Waals surface area (Å²) in [6, 6.07) is 4.48. The second-order valence-electron chi connectivity index (χ2n) is 8.40. The molecule has 14 heteroatoms. The lowest BCUT2D eigenvalue weighted by Crippen LogP contribution is -2.27. The smallest absolute Gasteiger partial charge is 0.416 e. The van der Waals surface area contributed by atoms with Crippen molar-refractivity contribution < 1.29 is 44.3 Å². The van der Waals surface area contributed by atoms with E-state index in [-0.39, 0.29) is 16.8 Å². The maximum absolute atomic E-state index is 14.3. The number of halogens is 5. The molecule has 0 saturated carbocycles. The summed E-state index contributed by atoms with van der Waals surface area (Å²) < 4.78 is 104. The maximum atomic E-state index is 14.3. The van der Waals surface area contributed by atoms with E-state index in [1.807, 2.05) is 0 Å². The van der Waals surface area contributed by atoms with Crippen molar-refractivity contribution in [2.24, 2.45) is 0 Å². The molecule has 0 aliphatic rings. The largest absolute Gasteiger partial charge is 0.420 e. The van der Waals surface area contributed by atoms with E-state index in [4.69, 9.17) is 9.15 Å². The van der Waals surface area contributed by atoms with Gasteiger partial charge in [0.05, 0.1) is 12.3 Å². The predicted molar refractivity (Wildman–Crippen MR) is 123 cm³/mol. The summed E-state index contributed by atoms with van der Waals surface area (Å²) >= 11 is 0. The highest BCUT2D eigenvalue weighted by Gasteiger charge is 2.38. The number of oxazole rings is 1. The van der Waals surface area contributed by atoms with Crippen LogP contribution >= 0.6 is 0 Å². The molecule has 0 saturated heterocycles. The van der Waals surface area contributed by atoms with Crippen LogP contribution in [0.25, 0.3) is 0 Å². The van der Waals surface area contributed by atoms with Gasteiger partial charge in [0.1, 0.15) is 23.3 Å². The van der Waals surface area contributed by atoms with Gasteiger partial charge in [-0.1, -0.05) is 26.0 Å². The van der Waals surface area contributed by atoms with Crippen LogP contribution in [0.4, 0.5) is 27.6 Å². The number of alkyl halides is 3. The first-order chi connectivity index (χ1) is 17.1. The Hall–Kier alpha value is -3.68. The van der Waals surface area contributed by atoms with Gasteiger partial charge in [-0.3, -0.25) is 9.52 Å². The number of carbonyl (C=O) groups is 1. The minimum Gasteiger partial charge on any atom is -0.416 e. The van der Waals surface area contributed by atoms with Gasteiger partial charge in [0.15, 0.2) is 17.3 Å². The standard InChI is InChI=1S/C23H22F5N3O5S/c1-11(2)14-6-5-7-18(19(14)23(26,27)28)36-22-30-17(10-35-22)21(32)29-12(3)13-8-15(24)20(16(25)9-13)31-37(4,33)34/h5-12,31H,1-4H3,(H,29,32). The molecule has 1 heterocycles. The Kier molecular flexibility index (Phi) is 7.81. The number of anilines is 1. The summed E-state index contributed by atoms with van der Waals surface area (Å²) in [5, 5.41) is 2.40. The van der Waals surface area contributed by atoms with Crippen LogP contribution in [0.1, 0.15) is 59.9 Å². The normalized spacial score (nSPS) is 12.9. The SMILES string of the molecule is CC(C)c1cccc(Oc2nc(C(=O)NC(C)c3cc(F)c(NS(C)(=O)=O)c(F)c3)co2)c1C(F)(F)F. The highest BCUT2D eigenvalue weighted by molar-refractivity contribution is 7.92. The third-order valence-corrected chi connectivity index (χ3v) is 5.65. The van der Waals surface area contributed by atoms with Crippen LogP contribution in [0.5, 0.6) is 11.8 Å². The molecular formula is C23H22F5N3O5S. The Bertz CT molecular complexity index is 1400. The van der Waals surface area contributed by atoms with E-state index < -0.39 is 68.8 Å². The fraction of sp³-hybridized carbons (Fsp3) is 0.304. The number of hydrogen-bond donors (Lipinski definition) is 2. The molecule has 8 nitrogen and oxygen atoms in total. The van der Waals surface area contributed by atoms with E-state index in [9.17, 15) is 35.2 Å². The molecule has 2 aromatic carbocycles. The highest BCUT2D eigenvalue weighted by atomic mass is 32.2. The van der Waals surface area contributed by atoms with Gasteiger partial charge in [-0.05, 0) is 42.2 Å². The third kappa shape index (κ3) is 6.76. The molecular weight excluding hydrogens is 525 g/mol. The number of ether oxygens (including phenoxy) is 1. The van der Waals surface area contributed by atoms with Crippen LogP contribution in [0.15, 0.2) is 41.0 Å². The number of amides is 1. The van der Waals surface area contributed by atoms with Crippen molar-refractivity contribution in [3.63, 3.8) is 0 Å². The quantitative estimate of drug-likeness (QED) is 0.348. The minimum absolute atomic E-state index is 0.000525. The summed E-state index contributed by atoms with van der Waals surface area (Å²) in [5.41, 5.74) is -2.28. The summed E-state index contributed by atoms with van der Waals surface area (Å²) in [4.78, 5) is 16.3. The molecule has 3 rings (SSSR count). The van der Waals surface area contributed by atoms with E-state index in [0.29, 0.717) is 0 Å². The molecule has 0 spiro atoms. The topological polar surface area (TPSA) is 111 Å². The van der Waals surface area contributed by atoms with Gasteiger partial charge in [-0.25, -0.2) is 17.2 Å². The van der Waals surface area contributed by atoms with Crippen molar-refractivity contribution in [3.05, 3.63) is 70.6 Å². The Morgan fingerprint density at radius 3 is 2.27 bits per heavy atom. The summed E-state index contributed by atoms with van der Waals surface area (Å²) in [6.07, 6.45) is -3.78. The zero-order valence-corrected chi connectivity index (χ0v) is 20.7. The molecule has 200 valence electrons. The van der Waals surface area contributed by atoms with E-state index in [0.717, 1.165) is 30.7 Å². The lowest BCUT2D eigenvalue weighted by molar-refractivity contribution is -0.139. The van der Waals surface area contributed by atoms with Crippen LogP contribution in [-0.4, -0.2) is 25.6 Å². The Morgan fingerprint density at radius 1 is 1.11 bits per heavy atom. The first kappa shape index (κ1) is 27.9. The summed E-state index contributed by atoms with van der Waals surface area (Å²) in [6.45, 7) is 4.58. The van der Waals surface area contributed by atoms with Gasteiger partial charge in [0.2, 0.25) is 10.0 Å². The number of carbonyl (C=O) groups excluding carboxylic acids is 1. The molecule has 0 aliphatic carbocycles. The highest BCUT2D eigenvalue weighted by Crippen LogP contribution is 2.42. The van der Waals surface area contributed by atoms with Gasteiger partial charge in [0.25, 0.3) is 5.91 Å². The fourth-order valence-corrected chi connectivity index (χ4v) is 3.97. The molecule has 37 heavy (non-hydrogen) atoms.